The SMILES string of the molecule is CN1C[CH]NCCC1. The number of rotatable bonds is 0. The van der Waals surface area contributed by atoms with Gasteiger partial charge in [-0.15, -0.1) is 0 Å². The summed E-state index contributed by atoms with van der Waals surface area (Å²) in [6, 6.07) is 0. The van der Waals surface area contributed by atoms with E-state index in [-0.39, 0.29) is 0 Å². The highest BCUT2D eigenvalue weighted by atomic mass is 15.1. The zero-order chi connectivity index (χ0) is 5.82. The van der Waals surface area contributed by atoms with Crippen LogP contribution in [-0.2, 0) is 0 Å². The maximum Gasteiger partial charge on any atom is 0.0361 e. The molecule has 1 saturated heterocycles. The molecular weight excluding hydrogens is 100 g/mol. The van der Waals surface area contributed by atoms with Crippen molar-refractivity contribution in [3.8, 4) is 0 Å². The Bertz CT molecular complexity index is 55.5. The maximum atomic E-state index is 3.21. The summed E-state index contributed by atoms with van der Waals surface area (Å²) in [6.45, 7) is 5.57. The second-order valence-corrected chi connectivity index (χ2v) is 2.27. The van der Waals surface area contributed by atoms with Gasteiger partial charge in [-0.2, -0.15) is 0 Å². The van der Waals surface area contributed by atoms with Crippen molar-refractivity contribution in [2.45, 2.75) is 6.42 Å². The number of nitrogens with zero attached hydrogens (tertiary/aromatic N) is 1. The van der Waals surface area contributed by atoms with Crippen molar-refractivity contribution in [2.75, 3.05) is 26.7 Å². The molecular formula is C6H13N2. The Morgan fingerprint density at radius 2 is 2.50 bits per heavy atom. The molecule has 0 aliphatic carbocycles. The molecule has 0 atom stereocenters. The number of likely N-dealkylation sites (N-methyl/N-ethyl adjacent to an activating group) is 1. The van der Waals surface area contributed by atoms with Gasteiger partial charge in [0.15, 0.2) is 0 Å². The molecule has 1 N–H and O–H groups in total. The van der Waals surface area contributed by atoms with E-state index in [1.165, 1.54) is 13.0 Å². The average molecular weight is 113 g/mol. The molecule has 0 spiro atoms. The summed E-state index contributed by atoms with van der Waals surface area (Å²) >= 11 is 0. The van der Waals surface area contributed by atoms with Gasteiger partial charge < -0.3 is 10.2 Å². The fourth-order valence-corrected chi connectivity index (χ4v) is 0.865. The molecule has 0 unspecified atom stereocenters. The summed E-state index contributed by atoms with van der Waals surface area (Å²) < 4.78 is 0. The highest BCUT2D eigenvalue weighted by Gasteiger charge is 2.01. The zero-order valence-corrected chi connectivity index (χ0v) is 5.35. The molecule has 2 nitrogen and oxygen atoms in total. The fraction of sp³-hybridized carbons (Fsp3) is 0.833. The van der Waals surface area contributed by atoms with E-state index < -0.39 is 0 Å². The van der Waals surface area contributed by atoms with E-state index in [1.54, 1.807) is 0 Å². The standard InChI is InChI=1S/C6H13N2/c1-8-5-2-3-7-4-6-8/h4,7H,2-3,5-6H2,1H3. The molecule has 0 aromatic rings. The van der Waals surface area contributed by atoms with E-state index in [0.717, 1.165) is 13.1 Å². The molecule has 1 heterocycles. The van der Waals surface area contributed by atoms with Crippen LogP contribution in [0.2, 0.25) is 0 Å². The number of hydrogen-bond donors (Lipinski definition) is 1. The van der Waals surface area contributed by atoms with Gasteiger partial charge in [-0.1, -0.05) is 0 Å². The molecule has 0 amide bonds. The van der Waals surface area contributed by atoms with Gasteiger partial charge in [0.25, 0.3) is 0 Å². The van der Waals surface area contributed by atoms with Gasteiger partial charge in [-0.3, -0.25) is 0 Å². The summed E-state index contributed by atoms with van der Waals surface area (Å²) in [4.78, 5) is 2.31. The van der Waals surface area contributed by atoms with Gasteiger partial charge >= 0.3 is 0 Å². The second-order valence-electron chi connectivity index (χ2n) is 2.27. The van der Waals surface area contributed by atoms with E-state index >= 15 is 0 Å². The summed E-state index contributed by atoms with van der Waals surface area (Å²) in [5, 5.41) is 3.21. The van der Waals surface area contributed by atoms with Crippen LogP contribution in [0, 0.1) is 6.54 Å². The number of nitrogens with one attached hydrogen (secondary N) is 1. The summed E-state index contributed by atoms with van der Waals surface area (Å²) in [5.74, 6) is 0. The van der Waals surface area contributed by atoms with Crippen LogP contribution in [0.3, 0.4) is 0 Å². The zero-order valence-electron chi connectivity index (χ0n) is 5.35. The first kappa shape index (κ1) is 6.05. The topological polar surface area (TPSA) is 15.3 Å². The van der Waals surface area contributed by atoms with Gasteiger partial charge in [-0.25, -0.2) is 0 Å². The molecule has 47 valence electrons. The first-order valence-corrected chi connectivity index (χ1v) is 3.13. The van der Waals surface area contributed by atoms with Crippen molar-refractivity contribution in [3.05, 3.63) is 6.54 Å². The highest BCUT2D eigenvalue weighted by Crippen LogP contribution is 1.91. The predicted molar refractivity (Wildman–Crippen MR) is 34.4 cm³/mol. The van der Waals surface area contributed by atoms with Crippen LogP contribution in [0.1, 0.15) is 6.42 Å². The lowest BCUT2D eigenvalue weighted by molar-refractivity contribution is 0.371. The lowest BCUT2D eigenvalue weighted by Crippen LogP contribution is -2.19. The van der Waals surface area contributed by atoms with E-state index in [2.05, 4.69) is 23.8 Å². The van der Waals surface area contributed by atoms with E-state index in [0.29, 0.717) is 0 Å². The van der Waals surface area contributed by atoms with Crippen LogP contribution < -0.4 is 5.32 Å². The minimum Gasteiger partial charge on any atom is -0.311 e. The predicted octanol–water partition coefficient (Wildman–Crippen LogP) is 0.0733. The molecule has 1 aliphatic heterocycles. The van der Waals surface area contributed by atoms with Gasteiger partial charge in [0, 0.05) is 13.1 Å². The molecule has 1 aliphatic rings. The Kier molecular flexibility index (Phi) is 2.30. The lowest BCUT2D eigenvalue weighted by atomic mass is 10.4. The van der Waals surface area contributed by atoms with Crippen molar-refractivity contribution in [2.24, 2.45) is 0 Å². The molecule has 1 rings (SSSR count). The lowest BCUT2D eigenvalue weighted by Gasteiger charge is -2.09. The molecule has 2 heteroatoms. The molecule has 0 aromatic heterocycles. The van der Waals surface area contributed by atoms with Crippen molar-refractivity contribution in [1.82, 2.24) is 10.2 Å². The molecule has 0 bridgehead atoms. The Balaban J connectivity index is 2.17. The third kappa shape index (κ3) is 1.80. The van der Waals surface area contributed by atoms with Crippen LogP contribution in [0.4, 0.5) is 0 Å². The van der Waals surface area contributed by atoms with Gasteiger partial charge in [0.1, 0.15) is 0 Å². The van der Waals surface area contributed by atoms with Crippen LogP contribution in [0.15, 0.2) is 0 Å². The molecule has 8 heavy (non-hydrogen) atoms. The Morgan fingerprint density at radius 1 is 1.62 bits per heavy atom. The maximum absolute atomic E-state index is 3.21. The van der Waals surface area contributed by atoms with Crippen LogP contribution in [0.25, 0.3) is 0 Å². The van der Waals surface area contributed by atoms with Crippen molar-refractivity contribution >= 4 is 0 Å². The average Bonchev–Trinajstić information content (AvgIpc) is 1.94. The third-order valence-electron chi connectivity index (χ3n) is 1.41. The fourth-order valence-electron chi connectivity index (χ4n) is 0.865. The molecule has 1 fully saturated rings. The highest BCUT2D eigenvalue weighted by molar-refractivity contribution is 4.70. The second kappa shape index (κ2) is 3.05. The minimum atomic E-state index is 1.08. The van der Waals surface area contributed by atoms with E-state index in [1.807, 2.05) is 0 Å². The summed E-state index contributed by atoms with van der Waals surface area (Å²) in [5.41, 5.74) is 0. The first-order chi connectivity index (χ1) is 3.89. The molecule has 1 radical (unpaired) electrons. The minimum absolute atomic E-state index is 1.08. The summed E-state index contributed by atoms with van der Waals surface area (Å²) in [6.07, 6.45) is 1.27. The van der Waals surface area contributed by atoms with Gasteiger partial charge in [0.2, 0.25) is 0 Å². The van der Waals surface area contributed by atoms with Crippen LogP contribution in [0.5, 0.6) is 0 Å². The van der Waals surface area contributed by atoms with E-state index in [4.69, 9.17) is 0 Å². The van der Waals surface area contributed by atoms with Crippen LogP contribution in [-0.4, -0.2) is 31.6 Å². The smallest absolute Gasteiger partial charge is 0.0361 e. The largest absolute Gasteiger partial charge is 0.311 e. The number of hydrogen-bond acceptors (Lipinski definition) is 2. The first-order valence-electron chi connectivity index (χ1n) is 3.13. The Morgan fingerprint density at radius 3 is 3.38 bits per heavy atom. The van der Waals surface area contributed by atoms with Gasteiger partial charge in [0.05, 0.1) is 0 Å². The van der Waals surface area contributed by atoms with E-state index in [9.17, 15) is 0 Å². The summed E-state index contributed by atoms with van der Waals surface area (Å²) in [7, 11) is 2.14. The van der Waals surface area contributed by atoms with Crippen molar-refractivity contribution < 1.29 is 0 Å². The molecule has 0 saturated carbocycles. The molecule has 0 aromatic carbocycles. The van der Waals surface area contributed by atoms with Gasteiger partial charge in [-0.05, 0) is 26.6 Å². The monoisotopic (exact) mass is 113 g/mol. The normalized spacial score (nSPS) is 25.1. The Labute approximate surface area is 50.9 Å². The third-order valence-corrected chi connectivity index (χ3v) is 1.41. The quantitative estimate of drug-likeness (QED) is 0.478. The Hall–Kier alpha value is -0.0800. The van der Waals surface area contributed by atoms with Crippen molar-refractivity contribution in [1.29, 1.82) is 0 Å². The van der Waals surface area contributed by atoms with Crippen LogP contribution >= 0.6 is 0 Å². The van der Waals surface area contributed by atoms with Crippen molar-refractivity contribution in [3.63, 3.8) is 0 Å².